The van der Waals surface area contributed by atoms with E-state index in [4.69, 9.17) is 10.9 Å². The Labute approximate surface area is 110 Å². The molecule has 6 heteroatoms. The number of oxime groups is 1. The van der Waals surface area contributed by atoms with E-state index >= 15 is 0 Å². The number of rotatable bonds is 4. The monoisotopic (exact) mass is 265 g/mol. The van der Waals surface area contributed by atoms with E-state index in [2.05, 4.69) is 10.5 Å². The van der Waals surface area contributed by atoms with Crippen LogP contribution in [0.3, 0.4) is 0 Å². The van der Waals surface area contributed by atoms with E-state index < -0.39 is 5.82 Å². The second-order valence-corrected chi connectivity index (χ2v) is 4.83. The highest BCUT2D eigenvalue weighted by molar-refractivity contribution is 5.97. The molecule has 1 amide bonds. The lowest BCUT2D eigenvalue weighted by Gasteiger charge is -2.07. The molecule has 2 rings (SSSR count). The Bertz CT molecular complexity index is 531. The summed E-state index contributed by atoms with van der Waals surface area (Å²) in [6.45, 7) is 2.15. The standard InChI is InChI=1S/C13H16FN3O2/c1-7-4-10(7)13(18)16-6-9-3-2-8(5-11(9)14)12(15)17-19/h2-3,5,7,10,19H,4,6H2,1H3,(H2,15,17)(H,16,18). The van der Waals surface area contributed by atoms with Gasteiger partial charge in [-0.05, 0) is 18.4 Å². The summed E-state index contributed by atoms with van der Waals surface area (Å²) >= 11 is 0. The summed E-state index contributed by atoms with van der Waals surface area (Å²) in [6, 6.07) is 4.23. The van der Waals surface area contributed by atoms with Crippen molar-refractivity contribution < 1.29 is 14.4 Å². The van der Waals surface area contributed by atoms with Crippen LogP contribution in [0.25, 0.3) is 0 Å². The van der Waals surface area contributed by atoms with E-state index in [0.29, 0.717) is 17.0 Å². The van der Waals surface area contributed by atoms with Gasteiger partial charge in [-0.15, -0.1) is 0 Å². The van der Waals surface area contributed by atoms with Crippen molar-refractivity contribution in [3.63, 3.8) is 0 Å². The van der Waals surface area contributed by atoms with Crippen molar-refractivity contribution in [2.75, 3.05) is 0 Å². The van der Waals surface area contributed by atoms with Crippen molar-refractivity contribution in [2.45, 2.75) is 19.9 Å². The predicted octanol–water partition coefficient (Wildman–Crippen LogP) is 1.19. The minimum Gasteiger partial charge on any atom is -0.409 e. The molecule has 2 atom stereocenters. The van der Waals surface area contributed by atoms with E-state index in [1.165, 1.54) is 12.1 Å². The Morgan fingerprint density at radius 1 is 1.63 bits per heavy atom. The zero-order valence-electron chi connectivity index (χ0n) is 10.6. The molecule has 0 radical (unpaired) electrons. The average molecular weight is 265 g/mol. The van der Waals surface area contributed by atoms with Crippen LogP contribution in [0.5, 0.6) is 0 Å². The summed E-state index contributed by atoms with van der Waals surface area (Å²) in [4.78, 5) is 11.6. The molecule has 1 aromatic carbocycles. The van der Waals surface area contributed by atoms with Gasteiger partial charge in [-0.1, -0.05) is 24.2 Å². The first-order valence-corrected chi connectivity index (χ1v) is 6.07. The fraction of sp³-hybridized carbons (Fsp3) is 0.385. The molecule has 0 aliphatic heterocycles. The van der Waals surface area contributed by atoms with Gasteiger partial charge in [0, 0.05) is 23.6 Å². The van der Waals surface area contributed by atoms with Crippen molar-refractivity contribution in [1.29, 1.82) is 0 Å². The number of amides is 1. The second-order valence-electron chi connectivity index (χ2n) is 4.83. The largest absolute Gasteiger partial charge is 0.409 e. The zero-order valence-corrected chi connectivity index (χ0v) is 10.6. The zero-order chi connectivity index (χ0) is 14.0. The van der Waals surface area contributed by atoms with Gasteiger partial charge >= 0.3 is 0 Å². The molecule has 1 fully saturated rings. The van der Waals surface area contributed by atoms with Crippen LogP contribution in [-0.4, -0.2) is 17.0 Å². The molecule has 1 saturated carbocycles. The fourth-order valence-electron chi connectivity index (χ4n) is 1.91. The molecular formula is C13H16FN3O2. The maximum absolute atomic E-state index is 13.7. The van der Waals surface area contributed by atoms with Gasteiger partial charge in [0.15, 0.2) is 5.84 Å². The highest BCUT2D eigenvalue weighted by Gasteiger charge is 2.38. The number of carbonyl (C=O) groups excluding carboxylic acids is 1. The first kappa shape index (κ1) is 13.3. The number of nitrogens with zero attached hydrogens (tertiary/aromatic N) is 1. The van der Waals surface area contributed by atoms with Crippen LogP contribution in [0.1, 0.15) is 24.5 Å². The minimum absolute atomic E-state index is 0.0348. The van der Waals surface area contributed by atoms with Gasteiger partial charge in [0.25, 0.3) is 0 Å². The molecule has 0 heterocycles. The van der Waals surface area contributed by atoms with Gasteiger partial charge in [-0.3, -0.25) is 4.79 Å². The third-order valence-corrected chi connectivity index (χ3v) is 3.36. The molecule has 5 nitrogen and oxygen atoms in total. The summed E-state index contributed by atoms with van der Waals surface area (Å²) in [5, 5.41) is 14.0. The van der Waals surface area contributed by atoms with Gasteiger partial charge in [0.1, 0.15) is 5.82 Å². The number of nitrogens with two attached hydrogens (primary N) is 1. The normalized spacial score (nSPS) is 22.1. The molecule has 0 spiro atoms. The summed E-state index contributed by atoms with van der Waals surface area (Å²) in [5.74, 6) is -0.186. The summed E-state index contributed by atoms with van der Waals surface area (Å²) in [5.41, 5.74) is 6.03. The Balaban J connectivity index is 1.99. The third-order valence-electron chi connectivity index (χ3n) is 3.36. The average Bonchev–Trinajstić information content (AvgIpc) is 3.13. The highest BCUT2D eigenvalue weighted by atomic mass is 19.1. The van der Waals surface area contributed by atoms with Crippen LogP contribution in [0, 0.1) is 17.7 Å². The fourth-order valence-corrected chi connectivity index (χ4v) is 1.91. The van der Waals surface area contributed by atoms with Gasteiger partial charge < -0.3 is 16.3 Å². The molecule has 102 valence electrons. The van der Waals surface area contributed by atoms with Crippen LogP contribution in [-0.2, 0) is 11.3 Å². The molecule has 0 saturated heterocycles. The van der Waals surface area contributed by atoms with E-state index in [9.17, 15) is 9.18 Å². The molecule has 2 unspecified atom stereocenters. The van der Waals surface area contributed by atoms with Crippen molar-refractivity contribution >= 4 is 11.7 Å². The van der Waals surface area contributed by atoms with Crippen LogP contribution in [0.15, 0.2) is 23.4 Å². The first-order chi connectivity index (χ1) is 9.02. The minimum atomic E-state index is -0.492. The Hall–Kier alpha value is -2.11. The lowest BCUT2D eigenvalue weighted by molar-refractivity contribution is -0.122. The SMILES string of the molecule is CC1CC1C(=O)NCc1ccc(C(N)=NO)cc1F. The van der Waals surface area contributed by atoms with E-state index in [0.717, 1.165) is 6.42 Å². The lowest BCUT2D eigenvalue weighted by Crippen LogP contribution is -2.25. The lowest BCUT2D eigenvalue weighted by atomic mass is 10.1. The van der Waals surface area contributed by atoms with Crippen LogP contribution < -0.4 is 11.1 Å². The molecule has 1 aliphatic carbocycles. The summed E-state index contributed by atoms with van der Waals surface area (Å²) in [6.07, 6.45) is 0.900. The quantitative estimate of drug-likeness (QED) is 0.331. The molecule has 4 N–H and O–H groups in total. The van der Waals surface area contributed by atoms with E-state index in [-0.39, 0.29) is 24.2 Å². The van der Waals surface area contributed by atoms with Gasteiger partial charge in [0.05, 0.1) is 0 Å². The third kappa shape index (κ3) is 3.01. The van der Waals surface area contributed by atoms with Gasteiger partial charge in [-0.2, -0.15) is 0 Å². The predicted molar refractivity (Wildman–Crippen MR) is 68.0 cm³/mol. The maximum atomic E-state index is 13.7. The number of carbonyl (C=O) groups is 1. The van der Waals surface area contributed by atoms with Crippen LogP contribution >= 0.6 is 0 Å². The van der Waals surface area contributed by atoms with Crippen molar-refractivity contribution in [2.24, 2.45) is 22.7 Å². The first-order valence-electron chi connectivity index (χ1n) is 6.07. The second kappa shape index (κ2) is 5.26. The van der Waals surface area contributed by atoms with Crippen molar-refractivity contribution in [3.8, 4) is 0 Å². The molecule has 19 heavy (non-hydrogen) atoms. The molecule has 0 aromatic heterocycles. The number of hydrogen-bond donors (Lipinski definition) is 3. The number of benzene rings is 1. The van der Waals surface area contributed by atoms with Gasteiger partial charge in [-0.25, -0.2) is 4.39 Å². The molecule has 1 aliphatic rings. The van der Waals surface area contributed by atoms with E-state index in [1.54, 1.807) is 6.07 Å². The van der Waals surface area contributed by atoms with E-state index in [1.807, 2.05) is 6.92 Å². The molecular weight excluding hydrogens is 249 g/mol. The Morgan fingerprint density at radius 3 is 2.84 bits per heavy atom. The van der Waals surface area contributed by atoms with Crippen molar-refractivity contribution in [1.82, 2.24) is 5.32 Å². The topological polar surface area (TPSA) is 87.7 Å². The van der Waals surface area contributed by atoms with Crippen molar-refractivity contribution in [3.05, 3.63) is 35.1 Å². The summed E-state index contributed by atoms with van der Waals surface area (Å²) in [7, 11) is 0. The van der Waals surface area contributed by atoms with Crippen LogP contribution in [0.2, 0.25) is 0 Å². The Kier molecular flexibility index (Phi) is 3.69. The number of hydrogen-bond acceptors (Lipinski definition) is 3. The maximum Gasteiger partial charge on any atom is 0.223 e. The Morgan fingerprint density at radius 2 is 2.32 bits per heavy atom. The van der Waals surface area contributed by atoms with Crippen LogP contribution in [0.4, 0.5) is 4.39 Å². The number of halogens is 1. The summed E-state index contributed by atoms with van der Waals surface area (Å²) < 4.78 is 13.7. The smallest absolute Gasteiger partial charge is 0.223 e. The molecule has 1 aromatic rings. The number of nitrogens with one attached hydrogen (secondary N) is 1. The highest BCUT2D eigenvalue weighted by Crippen LogP contribution is 2.37. The molecule has 0 bridgehead atoms. The van der Waals surface area contributed by atoms with Gasteiger partial charge in [0.2, 0.25) is 5.91 Å². The number of amidine groups is 1.